The Morgan fingerprint density at radius 1 is 0.962 bits per heavy atom. The predicted octanol–water partition coefficient (Wildman–Crippen LogP) is 3.28. The number of allylic oxidation sites excluding steroid dienone is 3. The van der Waals surface area contributed by atoms with Crippen LogP contribution in [0.2, 0.25) is 0 Å². The van der Waals surface area contributed by atoms with Gasteiger partial charge in [-0.3, -0.25) is 9.59 Å². The summed E-state index contributed by atoms with van der Waals surface area (Å²) in [5, 5.41) is 4.58. The maximum absolute atomic E-state index is 12.0. The van der Waals surface area contributed by atoms with E-state index in [4.69, 9.17) is 0 Å². The first-order chi connectivity index (χ1) is 12.3. The van der Waals surface area contributed by atoms with Crippen LogP contribution in [0.25, 0.3) is 0 Å². The Morgan fingerprint density at radius 2 is 1.58 bits per heavy atom. The van der Waals surface area contributed by atoms with Crippen LogP contribution in [0.5, 0.6) is 0 Å². The second kappa shape index (κ2) is 13.6. The maximum atomic E-state index is 12.0. The normalized spacial score (nSPS) is 11.1. The van der Waals surface area contributed by atoms with Gasteiger partial charge in [0.1, 0.15) is 5.70 Å². The molecule has 0 aromatic carbocycles. The van der Waals surface area contributed by atoms with Crippen LogP contribution in [0.4, 0.5) is 0 Å². The molecule has 0 saturated carbocycles. The van der Waals surface area contributed by atoms with Gasteiger partial charge in [-0.15, -0.1) is 0 Å². The minimum atomic E-state index is -0.770. The van der Waals surface area contributed by atoms with Gasteiger partial charge in [-0.2, -0.15) is 0 Å². The van der Waals surface area contributed by atoms with Crippen LogP contribution in [-0.4, -0.2) is 24.9 Å². The number of hydrogen-bond donors (Lipinski definition) is 2. The lowest BCUT2D eigenvalue weighted by atomic mass is 10.1. The molecule has 2 N–H and O–H groups in total. The van der Waals surface area contributed by atoms with E-state index in [0.29, 0.717) is 5.57 Å². The summed E-state index contributed by atoms with van der Waals surface area (Å²) in [6.45, 7) is 10.7. The highest BCUT2D eigenvalue weighted by molar-refractivity contribution is 6.04. The van der Waals surface area contributed by atoms with E-state index in [1.807, 2.05) is 12.2 Å². The summed E-state index contributed by atoms with van der Waals surface area (Å²) in [4.78, 5) is 35.0. The average Bonchev–Trinajstić information content (AvgIpc) is 2.62. The molecule has 144 valence electrons. The third-order valence-electron chi connectivity index (χ3n) is 3.55. The largest absolute Gasteiger partial charge is 0.464 e. The zero-order chi connectivity index (χ0) is 19.9. The Hall–Kier alpha value is -2.63. The Kier molecular flexibility index (Phi) is 12.3. The quantitative estimate of drug-likeness (QED) is 0.241. The highest BCUT2D eigenvalue weighted by atomic mass is 16.5. The maximum Gasteiger partial charge on any atom is 0.353 e. The van der Waals surface area contributed by atoms with Crippen LogP contribution in [-0.2, 0) is 19.1 Å². The van der Waals surface area contributed by atoms with Gasteiger partial charge in [-0.1, -0.05) is 64.0 Å². The second-order valence-corrected chi connectivity index (χ2v) is 5.84. The molecule has 0 bridgehead atoms. The number of nitrogens with one attached hydrogen (secondary N) is 2. The van der Waals surface area contributed by atoms with E-state index in [1.54, 1.807) is 13.0 Å². The monoisotopic (exact) mass is 362 g/mol. The van der Waals surface area contributed by atoms with Crippen LogP contribution >= 0.6 is 0 Å². The van der Waals surface area contributed by atoms with E-state index < -0.39 is 17.8 Å². The molecule has 6 nitrogen and oxygen atoms in total. The number of methoxy groups -OCH3 is 1. The van der Waals surface area contributed by atoms with Crippen LogP contribution in [0.3, 0.4) is 0 Å². The molecule has 0 saturated heterocycles. The van der Waals surface area contributed by atoms with Gasteiger partial charge in [0.05, 0.1) is 12.8 Å². The summed E-state index contributed by atoms with van der Waals surface area (Å²) in [6, 6.07) is 0. The second-order valence-electron chi connectivity index (χ2n) is 5.84. The van der Waals surface area contributed by atoms with Crippen LogP contribution in [0.15, 0.2) is 48.4 Å². The fourth-order valence-electron chi connectivity index (χ4n) is 1.93. The van der Waals surface area contributed by atoms with Crippen molar-refractivity contribution in [1.82, 2.24) is 10.6 Å². The molecule has 6 heteroatoms. The summed E-state index contributed by atoms with van der Waals surface area (Å²) in [5.74, 6) is -1.95. The fourth-order valence-corrected chi connectivity index (χ4v) is 1.93. The molecule has 0 aromatic heterocycles. The molecule has 0 atom stereocenters. The molecule has 0 rings (SSSR count). The first kappa shape index (κ1) is 23.4. The first-order valence-electron chi connectivity index (χ1n) is 8.75. The Labute approximate surface area is 156 Å². The van der Waals surface area contributed by atoms with Crippen LogP contribution in [0, 0.1) is 0 Å². The predicted molar refractivity (Wildman–Crippen MR) is 103 cm³/mol. The smallest absolute Gasteiger partial charge is 0.353 e. The molecule has 0 aliphatic carbocycles. The number of hydrogen-bond acceptors (Lipinski definition) is 4. The van der Waals surface area contributed by atoms with E-state index >= 15 is 0 Å². The lowest BCUT2D eigenvalue weighted by Crippen LogP contribution is -2.35. The SMILES string of the molecule is C=C(NC(=O)/C(C)=C/C=C\CCCCCCC)C(=O)NC(=C)C(=O)OC. The third-order valence-corrected chi connectivity index (χ3v) is 3.55. The average molecular weight is 362 g/mol. The van der Waals surface area contributed by atoms with Gasteiger partial charge in [0, 0.05) is 5.57 Å². The molecule has 0 spiro atoms. The lowest BCUT2D eigenvalue weighted by molar-refractivity contribution is -0.137. The van der Waals surface area contributed by atoms with Crippen LogP contribution in [0.1, 0.15) is 52.4 Å². The molecule has 0 aliphatic heterocycles. The van der Waals surface area contributed by atoms with Gasteiger partial charge in [0.2, 0.25) is 0 Å². The van der Waals surface area contributed by atoms with E-state index in [2.05, 4.69) is 35.5 Å². The zero-order valence-corrected chi connectivity index (χ0v) is 16.0. The Balaban J connectivity index is 4.30. The number of carbonyl (C=O) groups excluding carboxylic acids is 3. The minimum absolute atomic E-state index is 0.187. The Morgan fingerprint density at radius 3 is 2.19 bits per heavy atom. The summed E-state index contributed by atoms with van der Waals surface area (Å²) < 4.78 is 4.42. The molecule has 0 aromatic rings. The summed E-state index contributed by atoms with van der Waals surface area (Å²) in [6.07, 6.45) is 12.6. The lowest BCUT2D eigenvalue weighted by Gasteiger charge is -2.09. The third kappa shape index (κ3) is 10.3. The topological polar surface area (TPSA) is 84.5 Å². The molecule has 0 fully saturated rings. The van der Waals surface area contributed by atoms with Crippen molar-refractivity contribution in [3.63, 3.8) is 0 Å². The van der Waals surface area contributed by atoms with E-state index in [9.17, 15) is 14.4 Å². The summed E-state index contributed by atoms with van der Waals surface area (Å²) >= 11 is 0. The molecular formula is C20H30N2O4. The van der Waals surface area contributed by atoms with Crippen molar-refractivity contribution in [3.05, 3.63) is 48.4 Å². The minimum Gasteiger partial charge on any atom is -0.464 e. The highest BCUT2D eigenvalue weighted by Crippen LogP contribution is 2.05. The summed E-state index contributed by atoms with van der Waals surface area (Å²) in [7, 11) is 1.17. The van der Waals surface area contributed by atoms with E-state index in [0.717, 1.165) is 12.8 Å². The molecule has 2 amide bonds. The van der Waals surface area contributed by atoms with Crippen molar-refractivity contribution >= 4 is 17.8 Å². The molecular weight excluding hydrogens is 332 g/mol. The van der Waals surface area contributed by atoms with Gasteiger partial charge in [-0.05, 0) is 19.8 Å². The standard InChI is InChI=1S/C20H30N2O4/c1-6-7-8-9-10-11-12-13-14-15(2)18(23)21-16(3)19(24)22-17(4)20(25)26-5/h12-14H,3-4,6-11H2,1-2,5H3,(H,21,23)(H,22,24)/b13-12-,15-14+. The fraction of sp³-hybridized carbons (Fsp3) is 0.450. The molecule has 0 heterocycles. The van der Waals surface area contributed by atoms with Gasteiger partial charge >= 0.3 is 5.97 Å². The number of rotatable bonds is 12. The number of esters is 1. The number of carbonyl (C=O) groups is 3. The molecule has 0 radical (unpaired) electrons. The van der Waals surface area contributed by atoms with Crippen molar-refractivity contribution in [2.75, 3.05) is 7.11 Å². The molecule has 0 aliphatic rings. The number of ether oxygens (including phenoxy) is 1. The summed E-state index contributed by atoms with van der Waals surface area (Å²) in [5.41, 5.74) is 0.0164. The number of unbranched alkanes of at least 4 members (excludes halogenated alkanes) is 5. The van der Waals surface area contributed by atoms with Crippen LogP contribution < -0.4 is 10.6 Å². The zero-order valence-electron chi connectivity index (χ0n) is 16.0. The Bertz CT molecular complexity index is 589. The van der Waals surface area contributed by atoms with Gasteiger partial charge in [0.15, 0.2) is 0 Å². The molecule has 0 unspecified atom stereocenters. The van der Waals surface area contributed by atoms with Crippen molar-refractivity contribution < 1.29 is 19.1 Å². The van der Waals surface area contributed by atoms with Crippen molar-refractivity contribution in [2.24, 2.45) is 0 Å². The van der Waals surface area contributed by atoms with E-state index in [-0.39, 0.29) is 11.4 Å². The first-order valence-corrected chi connectivity index (χ1v) is 8.75. The van der Waals surface area contributed by atoms with Crippen molar-refractivity contribution in [3.8, 4) is 0 Å². The van der Waals surface area contributed by atoms with Gasteiger partial charge in [0.25, 0.3) is 11.8 Å². The van der Waals surface area contributed by atoms with Crippen molar-refractivity contribution in [2.45, 2.75) is 52.4 Å². The van der Waals surface area contributed by atoms with Gasteiger partial charge in [-0.25, -0.2) is 4.79 Å². The van der Waals surface area contributed by atoms with Crippen molar-refractivity contribution in [1.29, 1.82) is 0 Å². The van der Waals surface area contributed by atoms with Gasteiger partial charge < -0.3 is 15.4 Å². The number of amides is 2. The highest BCUT2D eigenvalue weighted by Gasteiger charge is 2.15. The molecule has 26 heavy (non-hydrogen) atoms. The van der Waals surface area contributed by atoms with E-state index in [1.165, 1.54) is 32.8 Å².